The first kappa shape index (κ1) is 29.4. The Balaban J connectivity index is 1.49. The summed E-state index contributed by atoms with van der Waals surface area (Å²) in [6, 6.07) is 3.80. The summed E-state index contributed by atoms with van der Waals surface area (Å²) in [7, 11) is -4.01. The lowest BCUT2D eigenvalue weighted by Crippen LogP contribution is -2.46. The van der Waals surface area contributed by atoms with E-state index in [-0.39, 0.29) is 47.5 Å². The third-order valence-corrected chi connectivity index (χ3v) is 10.1. The Morgan fingerprint density at radius 2 is 1.70 bits per heavy atom. The predicted octanol–water partition coefficient (Wildman–Crippen LogP) is 7.14. The van der Waals surface area contributed by atoms with E-state index in [4.69, 9.17) is 0 Å². The van der Waals surface area contributed by atoms with E-state index in [1.807, 2.05) is 0 Å². The topological polar surface area (TPSA) is 63.6 Å². The molecule has 0 saturated heterocycles. The van der Waals surface area contributed by atoms with Crippen LogP contribution < -0.4 is 0 Å². The van der Waals surface area contributed by atoms with Gasteiger partial charge in [-0.05, 0) is 87.6 Å². The smallest absolute Gasteiger partial charge is 0.295 e. The normalized spacial score (nSPS) is 21.5. The van der Waals surface area contributed by atoms with Crippen LogP contribution in [0.2, 0.25) is 0 Å². The highest BCUT2D eigenvalue weighted by molar-refractivity contribution is 7.92. The number of carbonyl (C=O) groups excluding carboxylic acids is 1. The maximum absolute atomic E-state index is 13.2. The Kier molecular flexibility index (Phi) is 8.66. The number of benzene rings is 1. The number of rotatable bonds is 9. The third kappa shape index (κ3) is 6.83. The van der Waals surface area contributed by atoms with Gasteiger partial charge in [0.2, 0.25) is 0 Å². The van der Waals surface area contributed by atoms with E-state index in [2.05, 4.69) is 4.99 Å². The molecule has 37 heavy (non-hydrogen) atoms. The van der Waals surface area contributed by atoms with Gasteiger partial charge in [-0.15, -0.1) is 0 Å². The van der Waals surface area contributed by atoms with Gasteiger partial charge in [-0.3, -0.25) is 9.79 Å². The number of carbonyl (C=O) groups is 1. The SMILES string of the molecule is CC(C)(C1CC(CCCCC(=O)C2=CC(C(F)(F)F)=NCCC2)C1)S(=O)(=O)c1cccc(C(F)(F)F)c1. The fourth-order valence-electron chi connectivity index (χ4n) is 4.92. The molecule has 0 radical (unpaired) electrons. The standard InChI is InChI=1S/C26H31F6NO3S/c1-24(2,37(35,36)21-10-5-9-19(16-21)25(27,28)29)20-13-17(14-20)7-3-4-11-22(34)18-8-6-12-33-23(15-18)26(30,31)32/h5,9-10,15-17,20H,3-4,6-8,11-14H2,1-2H3. The average Bonchev–Trinajstić information content (AvgIpc) is 3.03. The van der Waals surface area contributed by atoms with Crippen molar-refractivity contribution in [2.45, 2.75) is 87.2 Å². The molecular weight excluding hydrogens is 520 g/mol. The second-order valence-corrected chi connectivity index (χ2v) is 12.9. The number of aliphatic imine (C=N–C) groups is 1. The van der Waals surface area contributed by atoms with Gasteiger partial charge in [-0.25, -0.2) is 8.42 Å². The van der Waals surface area contributed by atoms with Crippen molar-refractivity contribution in [1.82, 2.24) is 0 Å². The van der Waals surface area contributed by atoms with Crippen molar-refractivity contribution in [1.29, 1.82) is 0 Å². The van der Waals surface area contributed by atoms with Crippen molar-refractivity contribution in [2.24, 2.45) is 16.8 Å². The fraction of sp³-hybridized carbons (Fsp3) is 0.615. The fourth-order valence-corrected chi connectivity index (χ4v) is 6.70. The molecule has 1 aromatic rings. The Labute approximate surface area is 213 Å². The molecule has 0 bridgehead atoms. The molecule has 0 amide bonds. The van der Waals surface area contributed by atoms with Crippen molar-refractivity contribution in [3.05, 3.63) is 41.5 Å². The summed E-state index contributed by atoms with van der Waals surface area (Å²) in [5.41, 5.74) is -1.87. The molecule has 0 unspecified atom stereocenters. The molecule has 1 fully saturated rings. The van der Waals surface area contributed by atoms with E-state index in [0.29, 0.717) is 38.2 Å². The van der Waals surface area contributed by atoms with E-state index in [1.165, 1.54) is 6.07 Å². The van der Waals surface area contributed by atoms with E-state index in [0.717, 1.165) is 24.6 Å². The highest BCUT2D eigenvalue weighted by atomic mass is 32.2. The van der Waals surface area contributed by atoms with Gasteiger partial charge in [0.1, 0.15) is 5.71 Å². The Morgan fingerprint density at radius 1 is 1.03 bits per heavy atom. The Bertz CT molecular complexity index is 1160. The van der Waals surface area contributed by atoms with Gasteiger partial charge in [-0.1, -0.05) is 18.9 Å². The number of alkyl halides is 6. The van der Waals surface area contributed by atoms with Crippen molar-refractivity contribution in [2.75, 3.05) is 6.54 Å². The second-order valence-electron chi connectivity index (χ2n) is 10.4. The van der Waals surface area contributed by atoms with E-state index < -0.39 is 38.2 Å². The second kappa shape index (κ2) is 10.9. The molecule has 11 heteroatoms. The van der Waals surface area contributed by atoms with Crippen LogP contribution in [0.1, 0.15) is 70.8 Å². The van der Waals surface area contributed by atoms with Crippen LogP contribution in [0.15, 0.2) is 45.8 Å². The minimum absolute atomic E-state index is 0.0325. The van der Waals surface area contributed by atoms with Crippen molar-refractivity contribution < 1.29 is 39.6 Å². The molecule has 1 saturated carbocycles. The van der Waals surface area contributed by atoms with Gasteiger partial charge in [-0.2, -0.15) is 26.3 Å². The quantitative estimate of drug-likeness (QED) is 0.242. The summed E-state index contributed by atoms with van der Waals surface area (Å²) in [6.07, 6.45) is -4.41. The molecule has 1 aromatic carbocycles. The van der Waals surface area contributed by atoms with Crippen LogP contribution >= 0.6 is 0 Å². The zero-order valence-electron chi connectivity index (χ0n) is 20.8. The van der Waals surface area contributed by atoms with Crippen LogP contribution in [0, 0.1) is 11.8 Å². The number of nitrogens with zero attached hydrogens (tertiary/aromatic N) is 1. The highest BCUT2D eigenvalue weighted by Crippen LogP contribution is 2.48. The molecule has 2 aliphatic rings. The molecular formula is C26H31F6NO3S. The average molecular weight is 552 g/mol. The van der Waals surface area contributed by atoms with E-state index in [9.17, 15) is 39.6 Å². The zero-order valence-corrected chi connectivity index (χ0v) is 21.6. The highest BCUT2D eigenvalue weighted by Gasteiger charge is 2.48. The van der Waals surface area contributed by atoms with Crippen LogP contribution in [0.3, 0.4) is 0 Å². The lowest BCUT2D eigenvalue weighted by molar-refractivity contribution is -0.137. The van der Waals surface area contributed by atoms with E-state index >= 15 is 0 Å². The van der Waals surface area contributed by atoms with Crippen molar-refractivity contribution in [3.8, 4) is 0 Å². The zero-order chi connectivity index (χ0) is 27.6. The van der Waals surface area contributed by atoms with Gasteiger partial charge in [0.05, 0.1) is 15.2 Å². The predicted molar refractivity (Wildman–Crippen MR) is 128 cm³/mol. The first-order valence-electron chi connectivity index (χ1n) is 12.3. The number of Topliss-reactive ketones (excluding diaryl/α,β-unsaturated/α-hetero) is 1. The van der Waals surface area contributed by atoms with Crippen LogP contribution in [-0.4, -0.2) is 37.4 Å². The summed E-state index contributed by atoms with van der Waals surface area (Å²) in [6.45, 7) is 3.12. The van der Waals surface area contributed by atoms with Crippen molar-refractivity contribution in [3.63, 3.8) is 0 Å². The molecule has 1 heterocycles. The minimum Gasteiger partial charge on any atom is -0.295 e. The van der Waals surface area contributed by atoms with Crippen LogP contribution in [-0.2, 0) is 20.8 Å². The number of ketones is 1. The number of allylic oxidation sites excluding steroid dienone is 2. The van der Waals surface area contributed by atoms with E-state index in [1.54, 1.807) is 13.8 Å². The largest absolute Gasteiger partial charge is 0.432 e. The summed E-state index contributed by atoms with van der Waals surface area (Å²) in [5.74, 6) is -0.286. The first-order chi connectivity index (χ1) is 17.0. The summed E-state index contributed by atoms with van der Waals surface area (Å²) < 4.78 is 103. The van der Waals surface area contributed by atoms with Gasteiger partial charge >= 0.3 is 12.4 Å². The molecule has 3 rings (SSSR count). The molecule has 1 aliphatic carbocycles. The molecule has 206 valence electrons. The van der Waals surface area contributed by atoms with Crippen LogP contribution in [0.5, 0.6) is 0 Å². The number of halogens is 6. The summed E-state index contributed by atoms with van der Waals surface area (Å²) in [4.78, 5) is 15.6. The minimum atomic E-state index is -4.64. The number of hydrogen-bond acceptors (Lipinski definition) is 4. The molecule has 4 nitrogen and oxygen atoms in total. The number of sulfone groups is 1. The lowest BCUT2D eigenvalue weighted by atomic mass is 9.67. The molecule has 1 aliphatic heterocycles. The number of hydrogen-bond donors (Lipinski definition) is 0. The molecule has 0 spiro atoms. The molecule has 0 N–H and O–H groups in total. The summed E-state index contributed by atoms with van der Waals surface area (Å²) >= 11 is 0. The van der Waals surface area contributed by atoms with Crippen molar-refractivity contribution >= 4 is 21.3 Å². The molecule has 0 atom stereocenters. The monoisotopic (exact) mass is 551 g/mol. The third-order valence-electron chi connectivity index (χ3n) is 7.50. The van der Waals surface area contributed by atoms with Gasteiger partial charge in [0.15, 0.2) is 15.6 Å². The maximum atomic E-state index is 13.2. The van der Waals surface area contributed by atoms with Gasteiger partial charge in [0, 0.05) is 13.0 Å². The first-order valence-corrected chi connectivity index (χ1v) is 13.8. The Hall–Kier alpha value is -2.17. The Morgan fingerprint density at radius 3 is 2.32 bits per heavy atom. The lowest BCUT2D eigenvalue weighted by Gasteiger charge is -2.45. The van der Waals surface area contributed by atoms with Crippen LogP contribution in [0.4, 0.5) is 26.3 Å². The number of unbranched alkanes of at least 4 members (excludes halogenated alkanes) is 1. The molecule has 0 aromatic heterocycles. The summed E-state index contributed by atoms with van der Waals surface area (Å²) in [5, 5.41) is 0. The van der Waals surface area contributed by atoms with Gasteiger partial charge in [0.25, 0.3) is 0 Å². The maximum Gasteiger partial charge on any atom is 0.432 e. The van der Waals surface area contributed by atoms with Crippen LogP contribution in [0.25, 0.3) is 0 Å². The van der Waals surface area contributed by atoms with Gasteiger partial charge < -0.3 is 0 Å².